The highest BCUT2D eigenvalue weighted by molar-refractivity contribution is 6.05. The first kappa shape index (κ1) is 29.5. The number of anilines is 1. The summed E-state index contributed by atoms with van der Waals surface area (Å²) in [5, 5.41) is 1.99. The van der Waals surface area contributed by atoms with E-state index in [-0.39, 0.29) is 29.7 Å². The van der Waals surface area contributed by atoms with Crippen molar-refractivity contribution in [1.82, 2.24) is 0 Å². The minimum absolute atomic E-state index is 0.167. The second-order valence-corrected chi connectivity index (χ2v) is 8.83. The van der Waals surface area contributed by atoms with E-state index in [1.807, 2.05) is 23.5 Å². The largest absolute Gasteiger partial charge is 0.455 e. The lowest BCUT2D eigenvalue weighted by Crippen LogP contribution is -2.18. The first-order valence-electron chi connectivity index (χ1n) is 11.7. The van der Waals surface area contributed by atoms with Crippen molar-refractivity contribution in [2.24, 2.45) is 0 Å². The van der Waals surface area contributed by atoms with Crippen LogP contribution in [0.5, 0.6) is 11.5 Å². The van der Waals surface area contributed by atoms with Crippen molar-refractivity contribution in [2.45, 2.75) is 24.9 Å². The molecular formula is C29H18F9NO2. The number of ether oxygens (including phenoxy) is 1. The molecule has 0 aliphatic heterocycles. The molecule has 0 aromatic heterocycles. The van der Waals surface area contributed by atoms with Crippen LogP contribution in [0.3, 0.4) is 0 Å². The zero-order chi connectivity index (χ0) is 30.0. The topological polar surface area (TPSA) is 38.3 Å². The van der Waals surface area contributed by atoms with Crippen LogP contribution in [0.2, 0.25) is 0 Å². The molecule has 4 aromatic carbocycles. The number of nitrogens with one attached hydrogen (secondary N) is 1. The van der Waals surface area contributed by atoms with Gasteiger partial charge in [-0.05, 0) is 53.6 Å². The number of benzene rings is 4. The Kier molecular flexibility index (Phi) is 8.05. The highest BCUT2D eigenvalue weighted by atomic mass is 19.4. The molecule has 3 nitrogen and oxygen atoms in total. The fourth-order valence-corrected chi connectivity index (χ4v) is 3.86. The Morgan fingerprint density at radius 1 is 0.610 bits per heavy atom. The zero-order valence-electron chi connectivity index (χ0n) is 20.6. The van der Waals surface area contributed by atoms with Crippen LogP contribution in [-0.4, -0.2) is 5.91 Å². The van der Waals surface area contributed by atoms with Crippen molar-refractivity contribution in [3.8, 4) is 11.5 Å². The highest BCUT2D eigenvalue weighted by Crippen LogP contribution is 2.39. The monoisotopic (exact) mass is 583 g/mol. The third kappa shape index (κ3) is 7.38. The molecular weight excluding hydrogens is 565 g/mol. The van der Waals surface area contributed by atoms with E-state index in [1.54, 1.807) is 30.3 Å². The SMILES string of the molecule is O=C(Nc1cc(C(F)(F)F)ccc1Oc1ccccc1Cc1ccccc1)c1cc(C(F)(F)F)cc(C(F)(F)F)c1. The number of alkyl halides is 9. The van der Waals surface area contributed by atoms with Gasteiger partial charge in [0.15, 0.2) is 5.75 Å². The molecule has 1 N–H and O–H groups in total. The van der Waals surface area contributed by atoms with Crippen LogP contribution in [0.25, 0.3) is 0 Å². The van der Waals surface area contributed by atoms with Crippen molar-refractivity contribution < 1.29 is 49.0 Å². The molecule has 0 heterocycles. The van der Waals surface area contributed by atoms with E-state index >= 15 is 0 Å². The van der Waals surface area contributed by atoms with Gasteiger partial charge in [0.1, 0.15) is 5.75 Å². The minimum atomic E-state index is -5.23. The lowest BCUT2D eigenvalue weighted by molar-refractivity contribution is -0.143. The number of hydrogen-bond acceptors (Lipinski definition) is 2. The van der Waals surface area contributed by atoms with Gasteiger partial charge >= 0.3 is 18.5 Å². The fourth-order valence-electron chi connectivity index (χ4n) is 3.86. The van der Waals surface area contributed by atoms with Gasteiger partial charge in [0.2, 0.25) is 0 Å². The van der Waals surface area contributed by atoms with Crippen LogP contribution in [-0.2, 0) is 24.9 Å². The summed E-state index contributed by atoms with van der Waals surface area (Å²) in [5.74, 6) is -1.64. The average Bonchev–Trinajstić information content (AvgIpc) is 2.89. The molecule has 1 amide bonds. The third-order valence-electron chi connectivity index (χ3n) is 5.83. The van der Waals surface area contributed by atoms with E-state index in [9.17, 15) is 44.3 Å². The summed E-state index contributed by atoms with van der Waals surface area (Å²) < 4.78 is 126. The molecule has 0 aliphatic carbocycles. The molecule has 0 saturated heterocycles. The van der Waals surface area contributed by atoms with Gasteiger partial charge in [-0.15, -0.1) is 0 Å². The van der Waals surface area contributed by atoms with Crippen LogP contribution < -0.4 is 10.1 Å². The summed E-state index contributed by atoms with van der Waals surface area (Å²) >= 11 is 0. The second-order valence-electron chi connectivity index (χ2n) is 8.83. The predicted octanol–water partition coefficient (Wildman–Crippen LogP) is 9.38. The number of hydrogen-bond donors (Lipinski definition) is 1. The zero-order valence-corrected chi connectivity index (χ0v) is 20.6. The summed E-state index contributed by atoms with van der Waals surface area (Å²) in [5.41, 5.74) is -4.94. The maximum atomic E-state index is 13.5. The van der Waals surface area contributed by atoms with Crippen molar-refractivity contribution in [3.05, 3.63) is 124 Å². The average molecular weight is 583 g/mol. The van der Waals surface area contributed by atoms with Gasteiger partial charge in [-0.2, -0.15) is 39.5 Å². The van der Waals surface area contributed by atoms with Crippen molar-refractivity contribution in [3.63, 3.8) is 0 Å². The van der Waals surface area contributed by atoms with E-state index in [0.717, 1.165) is 11.6 Å². The third-order valence-corrected chi connectivity index (χ3v) is 5.83. The molecule has 0 spiro atoms. The number of halogens is 9. The standard InChI is InChI=1S/C29H18F9NO2/c30-27(31,32)20-10-11-25(41-24-9-5-4-8-18(24)12-17-6-2-1-3-7-17)23(16-20)39-26(40)19-13-21(28(33,34)35)15-22(14-19)29(36,37)38/h1-11,13-16H,12H2,(H,39,40). The van der Waals surface area contributed by atoms with Gasteiger partial charge in [-0.3, -0.25) is 4.79 Å². The normalized spacial score (nSPS) is 12.2. The van der Waals surface area contributed by atoms with E-state index < -0.39 is 52.4 Å². The number of rotatable bonds is 6. The van der Waals surface area contributed by atoms with Crippen LogP contribution in [0.15, 0.2) is 91.0 Å². The number of para-hydroxylation sites is 1. The first-order valence-corrected chi connectivity index (χ1v) is 11.7. The molecule has 4 aromatic rings. The Bertz CT molecular complexity index is 1510. The molecule has 0 fully saturated rings. The minimum Gasteiger partial charge on any atom is -0.455 e. The Morgan fingerprint density at radius 2 is 1.17 bits per heavy atom. The Balaban J connectivity index is 1.73. The summed E-state index contributed by atoms with van der Waals surface area (Å²) in [6.07, 6.45) is -15.0. The Morgan fingerprint density at radius 3 is 1.76 bits per heavy atom. The number of carbonyl (C=O) groups excluding carboxylic acids is 1. The van der Waals surface area contributed by atoms with E-state index in [1.165, 1.54) is 6.07 Å². The Labute approximate surface area is 227 Å². The second kappa shape index (κ2) is 11.2. The van der Waals surface area contributed by atoms with Gasteiger partial charge in [-0.1, -0.05) is 48.5 Å². The summed E-state index contributed by atoms with van der Waals surface area (Å²) in [6.45, 7) is 0. The van der Waals surface area contributed by atoms with Gasteiger partial charge in [0.25, 0.3) is 5.91 Å². The molecule has 0 unspecified atom stereocenters. The van der Waals surface area contributed by atoms with Crippen LogP contribution >= 0.6 is 0 Å². The lowest BCUT2D eigenvalue weighted by atomic mass is 10.0. The Hall–Kier alpha value is -4.48. The molecule has 0 bridgehead atoms. The molecule has 0 atom stereocenters. The van der Waals surface area contributed by atoms with Gasteiger partial charge < -0.3 is 10.1 Å². The molecule has 0 saturated carbocycles. The predicted molar refractivity (Wildman–Crippen MR) is 132 cm³/mol. The van der Waals surface area contributed by atoms with E-state index in [4.69, 9.17) is 4.74 Å². The van der Waals surface area contributed by atoms with Crippen molar-refractivity contribution in [2.75, 3.05) is 5.32 Å². The van der Waals surface area contributed by atoms with Crippen molar-refractivity contribution in [1.29, 1.82) is 0 Å². The van der Waals surface area contributed by atoms with Crippen LogP contribution in [0.4, 0.5) is 45.2 Å². The molecule has 4 rings (SSSR count). The summed E-state index contributed by atoms with van der Waals surface area (Å²) in [4.78, 5) is 12.9. The van der Waals surface area contributed by atoms with Gasteiger partial charge in [0, 0.05) is 12.0 Å². The quantitative estimate of drug-likeness (QED) is 0.230. The van der Waals surface area contributed by atoms with E-state index in [0.29, 0.717) is 24.1 Å². The van der Waals surface area contributed by atoms with Crippen molar-refractivity contribution >= 4 is 11.6 Å². The number of carbonyl (C=O) groups is 1. The van der Waals surface area contributed by atoms with E-state index in [2.05, 4.69) is 0 Å². The first-order chi connectivity index (χ1) is 19.1. The smallest absolute Gasteiger partial charge is 0.416 e. The maximum absolute atomic E-state index is 13.5. The molecule has 41 heavy (non-hydrogen) atoms. The van der Waals surface area contributed by atoms with Gasteiger partial charge in [0.05, 0.1) is 22.4 Å². The summed E-state index contributed by atoms with van der Waals surface area (Å²) in [6, 6.07) is 17.8. The molecule has 214 valence electrons. The van der Waals surface area contributed by atoms with Crippen LogP contribution in [0, 0.1) is 0 Å². The molecule has 0 aliphatic rings. The van der Waals surface area contributed by atoms with Gasteiger partial charge in [-0.25, -0.2) is 0 Å². The summed E-state index contributed by atoms with van der Waals surface area (Å²) in [7, 11) is 0. The molecule has 12 heteroatoms. The number of amides is 1. The lowest BCUT2D eigenvalue weighted by Gasteiger charge is -2.18. The highest BCUT2D eigenvalue weighted by Gasteiger charge is 2.38. The molecule has 0 radical (unpaired) electrons. The van der Waals surface area contributed by atoms with Crippen LogP contribution in [0.1, 0.15) is 38.2 Å². The fraction of sp³-hybridized carbons (Fsp3) is 0.138. The maximum Gasteiger partial charge on any atom is 0.416 e.